The maximum atomic E-state index is 2.31. The molecule has 0 nitrogen and oxygen atoms in total. The standard InChI is InChI=1S/C5H10.4C4H8.7C2H6.11CH4/c1-5-3-2-4-5;4*1-2-4-3-1;7*1-2;;;;;;;;;;;/h5H,2-4H2,1H3;4*1-4H2;7*1-2H3;11*1H4. The summed E-state index contributed by atoms with van der Waals surface area (Å²) in [5.41, 5.74) is 0. The van der Waals surface area contributed by atoms with E-state index in [1.165, 1.54) is 122 Å². The van der Waals surface area contributed by atoms with Crippen LogP contribution in [0, 0.1) is 5.92 Å². The summed E-state index contributed by atoms with van der Waals surface area (Å²) in [5, 5.41) is 0. The third-order valence-electron chi connectivity index (χ3n) is 5.39. The molecule has 5 aliphatic rings. The Bertz CT molecular complexity index is 128. The monoisotopic (exact) mass is 681 g/mol. The van der Waals surface area contributed by atoms with Gasteiger partial charge in [0.2, 0.25) is 0 Å². The smallest absolute Gasteiger partial charge is 0.0443 e. The van der Waals surface area contributed by atoms with Crippen LogP contribution in [-0.2, 0) is 0 Å². The first-order chi connectivity index (χ1) is 17.4. The molecule has 0 heteroatoms. The van der Waals surface area contributed by atoms with Crippen LogP contribution in [0.2, 0.25) is 0 Å². The molecular formula is C46H128. The molecule has 0 atom stereocenters. The lowest BCUT2D eigenvalue weighted by molar-refractivity contribution is 0.346. The van der Waals surface area contributed by atoms with Crippen LogP contribution in [0.25, 0.3) is 0 Å². The Balaban J connectivity index is -0.0000000116. The zero-order valence-electron chi connectivity index (χ0n) is 29.0. The van der Waals surface area contributed by atoms with Crippen molar-refractivity contribution in [2.45, 2.75) is 308 Å². The molecule has 5 aliphatic carbocycles. The summed E-state index contributed by atoms with van der Waals surface area (Å²) in [5.74, 6) is 1.06. The molecule has 0 N–H and O–H groups in total. The van der Waals surface area contributed by atoms with Gasteiger partial charge in [-0.05, 0) is 5.92 Å². The van der Waals surface area contributed by atoms with Gasteiger partial charge in [0.05, 0.1) is 0 Å². The molecule has 0 aromatic carbocycles. The lowest BCUT2D eigenvalue weighted by Gasteiger charge is -2.18. The average Bonchev–Trinajstić information content (AvgIpc) is 2.77. The highest BCUT2D eigenvalue weighted by Gasteiger charge is 2.09. The van der Waals surface area contributed by atoms with E-state index in [2.05, 4.69) is 6.92 Å². The first-order valence-electron chi connectivity index (χ1n) is 17.4. The Kier molecular flexibility index (Phi) is 465. The van der Waals surface area contributed by atoms with E-state index in [1.807, 2.05) is 96.9 Å². The highest BCUT2D eigenvalue weighted by atomic mass is 14.1. The van der Waals surface area contributed by atoms with Gasteiger partial charge < -0.3 is 0 Å². The molecular weight excluding hydrogens is 553 g/mol. The van der Waals surface area contributed by atoms with Gasteiger partial charge >= 0.3 is 0 Å². The van der Waals surface area contributed by atoms with Gasteiger partial charge in [-0.25, -0.2) is 0 Å². The number of hydrogen-bond acceptors (Lipinski definition) is 0. The molecule has 0 unspecified atom stereocenters. The van der Waals surface area contributed by atoms with Crippen molar-refractivity contribution in [3.8, 4) is 0 Å². The molecule has 5 fully saturated rings. The molecule has 0 saturated heterocycles. The quantitative estimate of drug-likeness (QED) is 0.239. The van der Waals surface area contributed by atoms with Crippen molar-refractivity contribution >= 4 is 0 Å². The van der Waals surface area contributed by atoms with Gasteiger partial charge in [-0.1, -0.05) is 308 Å². The number of rotatable bonds is 0. The fourth-order valence-electron chi connectivity index (χ4n) is 1.61. The van der Waals surface area contributed by atoms with Crippen LogP contribution >= 0.6 is 0 Å². The van der Waals surface area contributed by atoms with Crippen LogP contribution in [0.15, 0.2) is 0 Å². The van der Waals surface area contributed by atoms with E-state index in [-0.39, 0.29) is 81.7 Å². The summed E-state index contributed by atoms with van der Waals surface area (Å²) in [7, 11) is 0. The Labute approximate surface area is 312 Å². The SMILES string of the molecule is C.C.C.C.C.C.C.C.C.C.C.C1CCC1.C1CCC1.C1CCC1.C1CCC1.CC.CC.CC.CC.CC.CC.CC.CC1CCC1. The van der Waals surface area contributed by atoms with Crippen LogP contribution in [0.1, 0.15) is 308 Å². The molecule has 5 saturated carbocycles. The van der Waals surface area contributed by atoms with Crippen LogP contribution in [-0.4, -0.2) is 0 Å². The van der Waals surface area contributed by atoms with Crippen molar-refractivity contribution in [2.75, 3.05) is 0 Å². The minimum absolute atomic E-state index is 0. The van der Waals surface area contributed by atoms with E-state index in [4.69, 9.17) is 0 Å². The summed E-state index contributed by atoms with van der Waals surface area (Å²) in [6.45, 7) is 30.3. The Morgan fingerprint density at radius 2 is 0.261 bits per heavy atom. The summed E-state index contributed by atoms with van der Waals surface area (Å²) in [6, 6.07) is 0. The molecule has 46 heavy (non-hydrogen) atoms. The fourth-order valence-corrected chi connectivity index (χ4v) is 1.61. The van der Waals surface area contributed by atoms with Gasteiger partial charge in [0.1, 0.15) is 0 Å². The Hall–Kier alpha value is 0. The maximum absolute atomic E-state index is 2.31. The average molecular weight is 682 g/mol. The first-order valence-corrected chi connectivity index (χ1v) is 17.4. The second kappa shape index (κ2) is 180. The van der Waals surface area contributed by atoms with Crippen molar-refractivity contribution in [3.05, 3.63) is 0 Å². The zero-order valence-corrected chi connectivity index (χ0v) is 29.0. The maximum Gasteiger partial charge on any atom is -0.0443 e. The molecule has 0 amide bonds. The topological polar surface area (TPSA) is 0 Å². The summed E-state index contributed by atoms with van der Waals surface area (Å²) in [6.07, 6.45) is 28.5. The molecule has 0 heterocycles. The molecule has 0 bridgehead atoms. The van der Waals surface area contributed by atoms with Gasteiger partial charge in [0.25, 0.3) is 0 Å². The van der Waals surface area contributed by atoms with Crippen molar-refractivity contribution in [1.29, 1.82) is 0 Å². The van der Waals surface area contributed by atoms with Crippen LogP contribution in [0.5, 0.6) is 0 Å². The van der Waals surface area contributed by atoms with Crippen molar-refractivity contribution in [1.82, 2.24) is 0 Å². The fraction of sp³-hybridized carbons (Fsp3) is 1.00. The molecule has 0 aromatic heterocycles. The van der Waals surface area contributed by atoms with E-state index in [0.29, 0.717) is 0 Å². The second-order valence-corrected chi connectivity index (χ2v) is 7.69. The minimum atomic E-state index is 0. The lowest BCUT2D eigenvalue weighted by atomic mass is 9.88. The third kappa shape index (κ3) is 168. The van der Waals surface area contributed by atoms with Crippen LogP contribution in [0.4, 0.5) is 0 Å². The predicted molar refractivity (Wildman–Crippen MR) is 250 cm³/mol. The van der Waals surface area contributed by atoms with Gasteiger partial charge in [-0.15, -0.1) is 0 Å². The molecule has 0 aliphatic heterocycles. The van der Waals surface area contributed by atoms with E-state index in [9.17, 15) is 0 Å². The lowest BCUT2D eigenvalue weighted by Crippen LogP contribution is -2.04. The predicted octanol–water partition coefficient (Wildman–Crippen LogP) is 22.2. The van der Waals surface area contributed by atoms with Crippen molar-refractivity contribution in [3.63, 3.8) is 0 Å². The summed E-state index contributed by atoms with van der Waals surface area (Å²) in [4.78, 5) is 0. The minimum Gasteiger partial charge on any atom is -0.0776 e. The summed E-state index contributed by atoms with van der Waals surface area (Å²) < 4.78 is 0. The highest BCUT2D eigenvalue weighted by molar-refractivity contribution is 4.62. The number of hydrogen-bond donors (Lipinski definition) is 0. The Morgan fingerprint density at radius 1 is 0.196 bits per heavy atom. The molecule has 0 spiro atoms. The molecule has 5 rings (SSSR count). The largest absolute Gasteiger partial charge is 0.0776 e. The first kappa shape index (κ1) is 119. The highest BCUT2D eigenvalue weighted by Crippen LogP contribution is 2.24. The van der Waals surface area contributed by atoms with Crippen LogP contribution in [0.3, 0.4) is 0 Å². The Morgan fingerprint density at radius 3 is 0.261 bits per heavy atom. The third-order valence-corrected chi connectivity index (χ3v) is 5.39. The van der Waals surface area contributed by atoms with Gasteiger partial charge in [-0.3, -0.25) is 0 Å². The van der Waals surface area contributed by atoms with Crippen LogP contribution < -0.4 is 0 Å². The van der Waals surface area contributed by atoms with E-state index in [1.54, 1.807) is 0 Å². The zero-order chi connectivity index (χ0) is 29.0. The van der Waals surface area contributed by atoms with E-state index >= 15 is 0 Å². The summed E-state index contributed by atoms with van der Waals surface area (Å²) >= 11 is 0. The van der Waals surface area contributed by atoms with E-state index < -0.39 is 0 Å². The van der Waals surface area contributed by atoms with E-state index in [0.717, 1.165) is 5.92 Å². The molecule has 312 valence electrons. The van der Waals surface area contributed by atoms with Gasteiger partial charge in [0.15, 0.2) is 0 Å². The normalized spacial score (nSPS) is 12.1. The second-order valence-electron chi connectivity index (χ2n) is 7.69. The van der Waals surface area contributed by atoms with Crippen molar-refractivity contribution in [2.24, 2.45) is 5.92 Å². The van der Waals surface area contributed by atoms with Crippen molar-refractivity contribution < 1.29 is 0 Å². The molecule has 0 radical (unpaired) electrons. The van der Waals surface area contributed by atoms with Gasteiger partial charge in [-0.2, -0.15) is 0 Å². The van der Waals surface area contributed by atoms with Gasteiger partial charge in [0, 0.05) is 0 Å². The molecule has 0 aromatic rings.